The van der Waals surface area contributed by atoms with Crippen molar-refractivity contribution in [1.82, 2.24) is 10.3 Å². The number of nitrogens with one attached hydrogen (secondary N) is 1. The Hall–Kier alpha value is -1.92. The summed E-state index contributed by atoms with van der Waals surface area (Å²) in [6.07, 6.45) is 4.22. The minimum Gasteiger partial charge on any atom is -0.367 e. The topological polar surface area (TPSA) is 62.3 Å². The molecule has 0 amide bonds. The summed E-state index contributed by atoms with van der Waals surface area (Å²) < 4.78 is 25.7. The molecule has 1 aromatic carbocycles. The number of sulfone groups is 1. The standard InChI is InChI=1S/C18H23N3O2S/c1-3-15-13-21(9-8-20-15)16-10-18(12-19-11-16)24(22,23)17-6-4-14(2)5-7-17/h4-7,10-12,15,20H,3,8-9,13H2,1-2H3. The van der Waals surface area contributed by atoms with Crippen LogP contribution in [-0.4, -0.2) is 39.1 Å². The minimum atomic E-state index is -3.54. The van der Waals surface area contributed by atoms with Gasteiger partial charge in [-0.1, -0.05) is 24.6 Å². The zero-order valence-corrected chi connectivity index (χ0v) is 14.9. The van der Waals surface area contributed by atoms with E-state index in [9.17, 15) is 8.42 Å². The molecule has 2 aromatic rings. The number of aromatic nitrogens is 1. The zero-order valence-electron chi connectivity index (χ0n) is 14.1. The number of benzene rings is 1. The van der Waals surface area contributed by atoms with Gasteiger partial charge >= 0.3 is 0 Å². The normalized spacial score (nSPS) is 18.6. The van der Waals surface area contributed by atoms with E-state index in [1.807, 2.05) is 19.1 Å². The summed E-state index contributed by atoms with van der Waals surface area (Å²) in [6.45, 7) is 6.71. The number of hydrogen-bond acceptors (Lipinski definition) is 5. The Kier molecular flexibility index (Phi) is 4.87. The molecule has 0 spiro atoms. The first kappa shape index (κ1) is 16.9. The Balaban J connectivity index is 1.91. The lowest BCUT2D eigenvalue weighted by atomic mass is 10.1. The summed E-state index contributed by atoms with van der Waals surface area (Å²) >= 11 is 0. The minimum absolute atomic E-state index is 0.246. The fourth-order valence-corrected chi connectivity index (χ4v) is 4.16. The number of nitrogens with zero attached hydrogens (tertiary/aromatic N) is 2. The van der Waals surface area contributed by atoms with Gasteiger partial charge in [0.1, 0.15) is 0 Å². The first-order chi connectivity index (χ1) is 11.5. The Morgan fingerprint density at radius 2 is 1.96 bits per heavy atom. The van der Waals surface area contributed by atoms with Gasteiger partial charge in [-0.3, -0.25) is 4.98 Å². The Labute approximate surface area is 143 Å². The molecule has 0 radical (unpaired) electrons. The molecule has 0 saturated carbocycles. The van der Waals surface area contributed by atoms with Crippen molar-refractivity contribution in [2.24, 2.45) is 0 Å². The molecule has 2 heterocycles. The number of pyridine rings is 1. The smallest absolute Gasteiger partial charge is 0.208 e. The third-order valence-corrected chi connectivity index (χ3v) is 6.19. The molecule has 1 atom stereocenters. The highest BCUT2D eigenvalue weighted by Crippen LogP contribution is 2.25. The van der Waals surface area contributed by atoms with Crippen LogP contribution in [0.5, 0.6) is 0 Å². The predicted octanol–water partition coefficient (Wildman–Crippen LogP) is 2.41. The van der Waals surface area contributed by atoms with Crippen LogP contribution in [0.3, 0.4) is 0 Å². The van der Waals surface area contributed by atoms with Crippen molar-refractivity contribution in [3.8, 4) is 0 Å². The van der Waals surface area contributed by atoms with Crippen LogP contribution < -0.4 is 10.2 Å². The summed E-state index contributed by atoms with van der Waals surface area (Å²) in [7, 11) is -3.54. The average Bonchev–Trinajstić information content (AvgIpc) is 2.62. The lowest BCUT2D eigenvalue weighted by Crippen LogP contribution is -2.50. The molecular formula is C18H23N3O2S. The molecule has 1 aliphatic heterocycles. The van der Waals surface area contributed by atoms with Gasteiger partial charge in [0.15, 0.2) is 0 Å². The van der Waals surface area contributed by atoms with E-state index in [0.717, 1.165) is 37.3 Å². The second-order valence-electron chi connectivity index (χ2n) is 6.20. The number of anilines is 1. The molecule has 0 bridgehead atoms. The van der Waals surface area contributed by atoms with E-state index in [4.69, 9.17) is 0 Å². The SMILES string of the molecule is CCC1CN(c2cncc(S(=O)(=O)c3ccc(C)cc3)c2)CCN1. The second kappa shape index (κ2) is 6.91. The number of hydrogen-bond donors (Lipinski definition) is 1. The molecule has 1 saturated heterocycles. The van der Waals surface area contributed by atoms with Crippen LogP contribution >= 0.6 is 0 Å². The van der Waals surface area contributed by atoms with Gasteiger partial charge in [0.25, 0.3) is 0 Å². The van der Waals surface area contributed by atoms with Crippen LogP contribution in [0.2, 0.25) is 0 Å². The highest BCUT2D eigenvalue weighted by atomic mass is 32.2. The molecule has 1 unspecified atom stereocenters. The fourth-order valence-electron chi connectivity index (χ4n) is 2.91. The number of rotatable bonds is 4. The number of piperazine rings is 1. The lowest BCUT2D eigenvalue weighted by molar-refractivity contribution is 0.446. The third kappa shape index (κ3) is 3.44. The first-order valence-electron chi connectivity index (χ1n) is 8.26. The van der Waals surface area contributed by atoms with E-state index in [1.165, 1.54) is 6.20 Å². The predicted molar refractivity (Wildman–Crippen MR) is 95.2 cm³/mol. The van der Waals surface area contributed by atoms with E-state index in [2.05, 4.69) is 22.1 Å². The summed E-state index contributed by atoms with van der Waals surface area (Å²) in [6, 6.07) is 9.08. The lowest BCUT2D eigenvalue weighted by Gasteiger charge is -2.34. The van der Waals surface area contributed by atoms with Crippen molar-refractivity contribution in [1.29, 1.82) is 0 Å². The van der Waals surface area contributed by atoms with Gasteiger partial charge < -0.3 is 10.2 Å². The highest BCUT2D eigenvalue weighted by Gasteiger charge is 2.22. The summed E-state index contributed by atoms with van der Waals surface area (Å²) in [5.74, 6) is 0. The first-order valence-corrected chi connectivity index (χ1v) is 9.74. The van der Waals surface area contributed by atoms with Crippen molar-refractivity contribution < 1.29 is 8.42 Å². The molecule has 24 heavy (non-hydrogen) atoms. The van der Waals surface area contributed by atoms with Crippen molar-refractivity contribution in [2.45, 2.75) is 36.1 Å². The molecule has 128 valence electrons. The largest absolute Gasteiger partial charge is 0.367 e. The molecule has 1 aromatic heterocycles. The molecule has 1 N–H and O–H groups in total. The molecule has 1 aliphatic rings. The molecule has 5 nitrogen and oxygen atoms in total. The van der Waals surface area contributed by atoms with Crippen molar-refractivity contribution >= 4 is 15.5 Å². The van der Waals surface area contributed by atoms with Gasteiger partial charge in [0.2, 0.25) is 9.84 Å². The van der Waals surface area contributed by atoms with E-state index in [1.54, 1.807) is 24.4 Å². The van der Waals surface area contributed by atoms with E-state index >= 15 is 0 Å². The Morgan fingerprint density at radius 1 is 1.21 bits per heavy atom. The van der Waals surface area contributed by atoms with E-state index in [-0.39, 0.29) is 4.90 Å². The van der Waals surface area contributed by atoms with Crippen LogP contribution in [0.1, 0.15) is 18.9 Å². The summed E-state index contributed by atoms with van der Waals surface area (Å²) in [5.41, 5.74) is 1.90. The molecule has 1 fully saturated rings. The average molecular weight is 345 g/mol. The van der Waals surface area contributed by atoms with Crippen molar-refractivity contribution in [3.05, 3.63) is 48.3 Å². The van der Waals surface area contributed by atoms with E-state index in [0.29, 0.717) is 10.9 Å². The number of aryl methyl sites for hydroxylation is 1. The summed E-state index contributed by atoms with van der Waals surface area (Å²) in [5, 5.41) is 3.46. The van der Waals surface area contributed by atoms with Crippen LogP contribution in [0.25, 0.3) is 0 Å². The third-order valence-electron chi connectivity index (χ3n) is 4.45. The quantitative estimate of drug-likeness (QED) is 0.922. The van der Waals surface area contributed by atoms with Gasteiger partial charge in [-0.05, 0) is 31.5 Å². The van der Waals surface area contributed by atoms with Gasteiger partial charge in [-0.15, -0.1) is 0 Å². The maximum absolute atomic E-state index is 12.8. The Morgan fingerprint density at radius 3 is 2.67 bits per heavy atom. The fraction of sp³-hybridized carbons (Fsp3) is 0.389. The van der Waals surface area contributed by atoms with Crippen LogP contribution in [0, 0.1) is 6.92 Å². The van der Waals surface area contributed by atoms with Gasteiger partial charge in [0.05, 0.1) is 21.7 Å². The highest BCUT2D eigenvalue weighted by molar-refractivity contribution is 7.91. The molecule has 0 aliphatic carbocycles. The van der Waals surface area contributed by atoms with Gasteiger partial charge in [-0.2, -0.15) is 0 Å². The van der Waals surface area contributed by atoms with Crippen LogP contribution in [0.15, 0.2) is 52.5 Å². The van der Waals surface area contributed by atoms with Gasteiger partial charge in [-0.25, -0.2) is 8.42 Å². The van der Waals surface area contributed by atoms with E-state index < -0.39 is 9.84 Å². The summed E-state index contributed by atoms with van der Waals surface area (Å²) in [4.78, 5) is 6.93. The maximum Gasteiger partial charge on any atom is 0.208 e. The second-order valence-corrected chi connectivity index (χ2v) is 8.15. The molecular weight excluding hydrogens is 322 g/mol. The Bertz CT molecular complexity index is 803. The van der Waals surface area contributed by atoms with Crippen LogP contribution in [-0.2, 0) is 9.84 Å². The van der Waals surface area contributed by atoms with Crippen molar-refractivity contribution in [3.63, 3.8) is 0 Å². The molecule has 6 heteroatoms. The zero-order chi connectivity index (χ0) is 17.2. The monoisotopic (exact) mass is 345 g/mol. The van der Waals surface area contributed by atoms with Crippen LogP contribution in [0.4, 0.5) is 5.69 Å². The molecule has 3 rings (SSSR count). The van der Waals surface area contributed by atoms with Crippen molar-refractivity contribution in [2.75, 3.05) is 24.5 Å². The van der Waals surface area contributed by atoms with Gasteiger partial charge in [0, 0.05) is 31.9 Å². The maximum atomic E-state index is 12.8.